The zero-order valence-corrected chi connectivity index (χ0v) is 7.91. The van der Waals surface area contributed by atoms with Crippen LogP contribution in [-0.2, 0) is 0 Å². The first-order valence-electron chi connectivity index (χ1n) is 4.05. The molecule has 0 saturated carbocycles. The van der Waals surface area contributed by atoms with Crippen molar-refractivity contribution in [2.45, 2.75) is 32.5 Å². The molecule has 0 aromatic rings. The Morgan fingerprint density at radius 3 is 2.09 bits per heavy atom. The topological polar surface area (TPSA) is 49.5 Å². The van der Waals surface area contributed by atoms with Crippen LogP contribution in [0.3, 0.4) is 0 Å². The van der Waals surface area contributed by atoms with Crippen LogP contribution in [0, 0.1) is 5.92 Å². The van der Waals surface area contributed by atoms with Gasteiger partial charge in [-0.15, -0.1) is 0 Å². The van der Waals surface area contributed by atoms with E-state index >= 15 is 0 Å². The first-order chi connectivity index (χ1) is 4.95. The highest BCUT2D eigenvalue weighted by Crippen LogP contribution is 2.10. The summed E-state index contributed by atoms with van der Waals surface area (Å²) in [7, 11) is 4.06. The lowest BCUT2D eigenvalue weighted by Crippen LogP contribution is -2.34. The van der Waals surface area contributed by atoms with Crippen molar-refractivity contribution < 1.29 is 5.11 Å². The van der Waals surface area contributed by atoms with E-state index in [2.05, 4.69) is 11.8 Å². The van der Waals surface area contributed by atoms with Crippen LogP contribution < -0.4 is 5.73 Å². The third kappa shape index (κ3) is 4.35. The van der Waals surface area contributed by atoms with Gasteiger partial charge >= 0.3 is 0 Å². The van der Waals surface area contributed by atoms with Crippen LogP contribution in [0.1, 0.15) is 20.3 Å². The van der Waals surface area contributed by atoms with Crippen LogP contribution in [0.15, 0.2) is 0 Å². The van der Waals surface area contributed by atoms with Gasteiger partial charge in [0.2, 0.25) is 0 Å². The summed E-state index contributed by atoms with van der Waals surface area (Å²) in [6.45, 7) is 4.09. The number of hydrogen-bond donors (Lipinski definition) is 2. The van der Waals surface area contributed by atoms with Crippen molar-refractivity contribution in [3.63, 3.8) is 0 Å². The van der Waals surface area contributed by atoms with Crippen LogP contribution in [0.5, 0.6) is 0 Å². The first kappa shape index (κ1) is 10.9. The van der Waals surface area contributed by atoms with Gasteiger partial charge in [-0.25, -0.2) is 0 Å². The van der Waals surface area contributed by atoms with Gasteiger partial charge in [-0.05, 0) is 33.4 Å². The van der Waals surface area contributed by atoms with Gasteiger partial charge in [0.25, 0.3) is 0 Å². The molecule has 0 fully saturated rings. The minimum Gasteiger partial charge on any atom is -0.379 e. The molecule has 0 aliphatic rings. The number of aliphatic hydroxyl groups is 1. The maximum atomic E-state index is 9.01. The first-order valence-corrected chi connectivity index (χ1v) is 4.05. The molecule has 68 valence electrons. The molecule has 0 radical (unpaired) electrons. The molecule has 3 atom stereocenters. The molecule has 3 nitrogen and oxygen atoms in total. The zero-order chi connectivity index (χ0) is 9.02. The number of rotatable bonds is 4. The van der Waals surface area contributed by atoms with Gasteiger partial charge in [0.1, 0.15) is 6.23 Å². The van der Waals surface area contributed by atoms with Crippen molar-refractivity contribution in [3.05, 3.63) is 0 Å². The van der Waals surface area contributed by atoms with Crippen molar-refractivity contribution in [2.24, 2.45) is 11.7 Å². The van der Waals surface area contributed by atoms with E-state index in [9.17, 15) is 0 Å². The average Bonchev–Trinajstić information content (AvgIpc) is 1.87. The fourth-order valence-electron chi connectivity index (χ4n) is 0.888. The Kier molecular flexibility index (Phi) is 4.65. The quantitative estimate of drug-likeness (QED) is 0.579. The lowest BCUT2D eigenvalue weighted by Gasteiger charge is -2.24. The lowest BCUT2D eigenvalue weighted by molar-refractivity contribution is 0.102. The fraction of sp³-hybridized carbons (Fsp3) is 1.00. The van der Waals surface area contributed by atoms with Gasteiger partial charge < -0.3 is 15.7 Å². The van der Waals surface area contributed by atoms with Crippen molar-refractivity contribution in [3.8, 4) is 0 Å². The number of nitrogens with two attached hydrogens (primary N) is 1. The SMILES string of the molecule is CC(CC(C)N(C)C)C(N)O. The van der Waals surface area contributed by atoms with Gasteiger partial charge in [-0.1, -0.05) is 6.92 Å². The predicted octanol–water partition coefficient (Wildman–Crippen LogP) is 0.240. The molecule has 0 aliphatic heterocycles. The summed E-state index contributed by atoms with van der Waals surface area (Å²) in [5.74, 6) is 0.174. The van der Waals surface area contributed by atoms with E-state index in [4.69, 9.17) is 10.8 Å². The maximum absolute atomic E-state index is 9.01. The van der Waals surface area contributed by atoms with E-state index in [-0.39, 0.29) is 5.92 Å². The molecule has 0 rings (SSSR count). The average molecular weight is 160 g/mol. The van der Waals surface area contributed by atoms with Crippen molar-refractivity contribution in [1.29, 1.82) is 0 Å². The minimum atomic E-state index is -0.683. The van der Waals surface area contributed by atoms with E-state index in [0.29, 0.717) is 6.04 Å². The highest BCUT2D eigenvalue weighted by molar-refractivity contribution is 4.66. The predicted molar refractivity (Wildman–Crippen MR) is 47.1 cm³/mol. The Hall–Kier alpha value is -0.120. The van der Waals surface area contributed by atoms with E-state index in [1.54, 1.807) is 0 Å². The summed E-state index contributed by atoms with van der Waals surface area (Å²) in [5, 5.41) is 9.01. The van der Waals surface area contributed by atoms with E-state index in [1.807, 2.05) is 21.0 Å². The van der Waals surface area contributed by atoms with Gasteiger partial charge in [0, 0.05) is 6.04 Å². The Morgan fingerprint density at radius 1 is 1.36 bits per heavy atom. The third-order valence-electron chi connectivity index (χ3n) is 2.18. The molecule has 0 aromatic heterocycles. The van der Waals surface area contributed by atoms with E-state index in [0.717, 1.165) is 6.42 Å². The van der Waals surface area contributed by atoms with Crippen LogP contribution >= 0.6 is 0 Å². The molecule has 0 heterocycles. The van der Waals surface area contributed by atoms with Crippen molar-refractivity contribution in [2.75, 3.05) is 14.1 Å². The molecule has 0 bridgehead atoms. The number of aliphatic hydroxyl groups excluding tert-OH is 1. The Bertz CT molecular complexity index is 92.3. The second-order valence-electron chi connectivity index (χ2n) is 3.52. The standard InChI is InChI=1S/C8H20N2O/c1-6(8(9)11)5-7(2)10(3)4/h6-8,11H,5,9H2,1-4H3. The second kappa shape index (κ2) is 4.70. The second-order valence-corrected chi connectivity index (χ2v) is 3.52. The van der Waals surface area contributed by atoms with Gasteiger partial charge in [-0.2, -0.15) is 0 Å². The molecule has 3 heteroatoms. The molecular weight excluding hydrogens is 140 g/mol. The molecule has 11 heavy (non-hydrogen) atoms. The number of nitrogens with zero attached hydrogens (tertiary/aromatic N) is 1. The molecule has 0 aromatic carbocycles. The summed E-state index contributed by atoms with van der Waals surface area (Å²) < 4.78 is 0. The van der Waals surface area contributed by atoms with Crippen LogP contribution in [0.2, 0.25) is 0 Å². The Labute approximate surface area is 69.2 Å². The summed E-state index contributed by atoms with van der Waals surface area (Å²) in [6.07, 6.45) is 0.252. The van der Waals surface area contributed by atoms with Gasteiger partial charge in [0.05, 0.1) is 0 Å². The van der Waals surface area contributed by atoms with Crippen LogP contribution in [0.25, 0.3) is 0 Å². The molecule has 3 unspecified atom stereocenters. The summed E-state index contributed by atoms with van der Waals surface area (Å²) in [4.78, 5) is 2.12. The molecular formula is C8H20N2O. The highest BCUT2D eigenvalue weighted by Gasteiger charge is 2.14. The summed E-state index contributed by atoms with van der Waals surface area (Å²) in [5.41, 5.74) is 5.32. The summed E-state index contributed by atoms with van der Waals surface area (Å²) in [6, 6.07) is 0.475. The van der Waals surface area contributed by atoms with Gasteiger partial charge in [-0.3, -0.25) is 0 Å². The van der Waals surface area contributed by atoms with Crippen molar-refractivity contribution in [1.82, 2.24) is 4.90 Å². The summed E-state index contributed by atoms with van der Waals surface area (Å²) >= 11 is 0. The molecule has 0 saturated heterocycles. The smallest absolute Gasteiger partial charge is 0.105 e. The maximum Gasteiger partial charge on any atom is 0.105 e. The molecule has 0 amide bonds. The Morgan fingerprint density at radius 2 is 1.82 bits per heavy atom. The Balaban J connectivity index is 3.66. The van der Waals surface area contributed by atoms with Crippen LogP contribution in [0.4, 0.5) is 0 Å². The van der Waals surface area contributed by atoms with E-state index in [1.165, 1.54) is 0 Å². The van der Waals surface area contributed by atoms with E-state index < -0.39 is 6.23 Å². The zero-order valence-electron chi connectivity index (χ0n) is 7.91. The number of hydrogen-bond acceptors (Lipinski definition) is 3. The van der Waals surface area contributed by atoms with Crippen LogP contribution in [-0.4, -0.2) is 36.4 Å². The third-order valence-corrected chi connectivity index (χ3v) is 2.18. The molecule has 3 N–H and O–H groups in total. The molecule has 0 aliphatic carbocycles. The minimum absolute atomic E-state index is 0.174. The molecule has 0 spiro atoms. The largest absolute Gasteiger partial charge is 0.379 e. The fourth-order valence-corrected chi connectivity index (χ4v) is 0.888. The highest BCUT2D eigenvalue weighted by atomic mass is 16.3. The lowest BCUT2D eigenvalue weighted by atomic mass is 10.0. The van der Waals surface area contributed by atoms with Crippen molar-refractivity contribution >= 4 is 0 Å². The normalized spacial score (nSPS) is 19.9. The van der Waals surface area contributed by atoms with Gasteiger partial charge in [0.15, 0.2) is 0 Å². The monoisotopic (exact) mass is 160 g/mol.